The van der Waals surface area contributed by atoms with Crippen molar-refractivity contribution in [2.75, 3.05) is 11.9 Å². The van der Waals surface area contributed by atoms with Gasteiger partial charge in [-0.1, -0.05) is 16.8 Å². The Labute approximate surface area is 165 Å². The molecule has 1 atom stereocenters. The first-order chi connectivity index (χ1) is 13.6. The molecule has 2 N–H and O–H groups in total. The van der Waals surface area contributed by atoms with Crippen LogP contribution in [0, 0.1) is 5.82 Å². The second kappa shape index (κ2) is 6.88. The lowest BCUT2D eigenvalue weighted by Crippen LogP contribution is -2.43. The number of anilines is 1. The second-order valence-electron chi connectivity index (χ2n) is 7.15. The highest BCUT2D eigenvalue weighted by molar-refractivity contribution is 6.31. The van der Waals surface area contributed by atoms with Crippen LogP contribution in [0.1, 0.15) is 23.2 Å². The van der Waals surface area contributed by atoms with Crippen LogP contribution in [0.4, 0.5) is 10.1 Å². The zero-order chi connectivity index (χ0) is 19.3. The number of fused-ring (bicyclic) bond motifs is 5. The Kier molecular flexibility index (Phi) is 4.34. The fourth-order valence-electron chi connectivity index (χ4n) is 3.95. The number of aliphatic hydroxyl groups excluding tert-OH is 1. The van der Waals surface area contributed by atoms with Gasteiger partial charge in [-0.2, -0.15) is 5.10 Å². The Hall–Kier alpha value is -2.42. The number of nitrogens with zero attached hydrogens (tertiary/aromatic N) is 4. The van der Waals surface area contributed by atoms with Gasteiger partial charge >= 0.3 is 0 Å². The van der Waals surface area contributed by atoms with E-state index < -0.39 is 12.2 Å². The van der Waals surface area contributed by atoms with Gasteiger partial charge in [-0.05, 0) is 31.0 Å². The Morgan fingerprint density at radius 2 is 2.18 bits per heavy atom. The summed E-state index contributed by atoms with van der Waals surface area (Å²) in [4.78, 5) is 1.91. The van der Waals surface area contributed by atoms with Gasteiger partial charge in [0.1, 0.15) is 11.5 Å². The average molecular weight is 404 g/mol. The minimum atomic E-state index is -0.940. The van der Waals surface area contributed by atoms with Crippen LogP contribution in [0.5, 0.6) is 0 Å². The third-order valence-electron chi connectivity index (χ3n) is 5.37. The van der Waals surface area contributed by atoms with Crippen molar-refractivity contribution in [1.29, 1.82) is 0 Å². The molecule has 28 heavy (non-hydrogen) atoms. The van der Waals surface area contributed by atoms with Gasteiger partial charge < -0.3 is 14.9 Å². The summed E-state index contributed by atoms with van der Waals surface area (Å²) in [5.41, 5.74) is 4.70. The lowest BCUT2D eigenvalue weighted by molar-refractivity contribution is 0.0163. The molecule has 0 aliphatic carbocycles. The number of hydrogen-bond donors (Lipinski definition) is 2. The maximum absolute atomic E-state index is 13.4. The van der Waals surface area contributed by atoms with Crippen molar-refractivity contribution >= 4 is 17.3 Å². The maximum Gasteiger partial charge on any atom is 0.188 e. The van der Waals surface area contributed by atoms with Crippen LogP contribution in [0.3, 0.4) is 0 Å². The van der Waals surface area contributed by atoms with E-state index in [9.17, 15) is 9.50 Å². The zero-order valence-corrected chi connectivity index (χ0v) is 15.8. The number of halogens is 2. The number of aryl methyl sites for hydroxylation is 2. The fraction of sp³-hybridized carbons (Fsp3) is 0.368. The van der Waals surface area contributed by atoms with Crippen LogP contribution >= 0.6 is 11.6 Å². The Morgan fingerprint density at radius 1 is 1.29 bits per heavy atom. The number of aliphatic hydroxyl groups is 1. The molecule has 3 aromatic rings. The SMILES string of the molecule is OC(Nc1ccc(F)c(Cl)c1)N1CCc2nn3c(c2C1)-c1oncc1CCC3. The van der Waals surface area contributed by atoms with Crippen molar-refractivity contribution in [1.82, 2.24) is 19.8 Å². The summed E-state index contributed by atoms with van der Waals surface area (Å²) >= 11 is 5.83. The molecule has 7 nitrogen and oxygen atoms in total. The molecule has 5 rings (SSSR count). The molecule has 1 aromatic carbocycles. The molecule has 0 spiro atoms. The average Bonchev–Trinajstić information content (AvgIpc) is 3.24. The molecule has 2 aliphatic rings. The molecule has 4 heterocycles. The summed E-state index contributed by atoms with van der Waals surface area (Å²) in [5, 5.41) is 22.4. The number of nitrogens with one attached hydrogen (secondary N) is 1. The van der Waals surface area contributed by atoms with E-state index in [2.05, 4.69) is 10.5 Å². The van der Waals surface area contributed by atoms with Crippen molar-refractivity contribution in [3.63, 3.8) is 0 Å². The monoisotopic (exact) mass is 403 g/mol. The van der Waals surface area contributed by atoms with E-state index >= 15 is 0 Å². The van der Waals surface area contributed by atoms with Crippen LogP contribution < -0.4 is 5.32 Å². The Morgan fingerprint density at radius 3 is 3.04 bits per heavy atom. The summed E-state index contributed by atoms with van der Waals surface area (Å²) in [6.07, 6.45) is 3.46. The lowest BCUT2D eigenvalue weighted by Gasteiger charge is -2.31. The van der Waals surface area contributed by atoms with Crippen molar-refractivity contribution in [3.05, 3.63) is 52.1 Å². The number of aromatic nitrogens is 3. The largest absolute Gasteiger partial charge is 0.361 e. The highest BCUT2D eigenvalue weighted by Gasteiger charge is 2.32. The van der Waals surface area contributed by atoms with Gasteiger partial charge in [0.15, 0.2) is 12.1 Å². The molecule has 9 heteroatoms. The summed E-state index contributed by atoms with van der Waals surface area (Å²) in [7, 11) is 0. The topological polar surface area (TPSA) is 79.4 Å². The summed E-state index contributed by atoms with van der Waals surface area (Å²) in [6.45, 7) is 2.01. The molecule has 0 saturated carbocycles. The van der Waals surface area contributed by atoms with Gasteiger partial charge in [0.05, 0.1) is 16.9 Å². The quantitative estimate of drug-likeness (QED) is 0.654. The van der Waals surface area contributed by atoms with Crippen LogP contribution in [0.15, 0.2) is 28.9 Å². The Balaban J connectivity index is 1.41. The van der Waals surface area contributed by atoms with E-state index in [1.807, 2.05) is 9.58 Å². The third-order valence-corrected chi connectivity index (χ3v) is 5.66. The first kappa shape index (κ1) is 17.7. The molecule has 1 unspecified atom stereocenters. The number of hydrogen-bond acceptors (Lipinski definition) is 6. The second-order valence-corrected chi connectivity index (χ2v) is 7.56. The van der Waals surface area contributed by atoms with Gasteiger partial charge in [0, 0.05) is 42.9 Å². The first-order valence-corrected chi connectivity index (χ1v) is 9.64. The summed E-state index contributed by atoms with van der Waals surface area (Å²) < 4.78 is 20.9. The fourth-order valence-corrected chi connectivity index (χ4v) is 4.13. The van der Waals surface area contributed by atoms with E-state index in [4.69, 9.17) is 21.2 Å². The van der Waals surface area contributed by atoms with Crippen molar-refractivity contribution in [3.8, 4) is 11.5 Å². The van der Waals surface area contributed by atoms with E-state index in [1.54, 1.807) is 12.3 Å². The maximum atomic E-state index is 13.4. The van der Waals surface area contributed by atoms with Gasteiger partial charge in [-0.3, -0.25) is 9.58 Å². The van der Waals surface area contributed by atoms with Crippen molar-refractivity contribution < 1.29 is 14.0 Å². The minimum absolute atomic E-state index is 0.0120. The van der Waals surface area contributed by atoms with E-state index in [0.717, 1.165) is 54.1 Å². The highest BCUT2D eigenvalue weighted by atomic mass is 35.5. The summed E-state index contributed by atoms with van der Waals surface area (Å²) in [6, 6.07) is 4.28. The van der Waals surface area contributed by atoms with Gasteiger partial charge in [0.25, 0.3) is 0 Å². The smallest absolute Gasteiger partial charge is 0.188 e. The molecule has 0 fully saturated rings. The Bertz CT molecular complexity index is 1030. The van der Waals surface area contributed by atoms with Crippen LogP contribution in [-0.2, 0) is 25.9 Å². The number of benzene rings is 1. The highest BCUT2D eigenvalue weighted by Crippen LogP contribution is 2.35. The van der Waals surface area contributed by atoms with Crippen molar-refractivity contribution in [2.45, 2.75) is 38.7 Å². The third kappa shape index (κ3) is 2.97. The van der Waals surface area contributed by atoms with Gasteiger partial charge in [-0.15, -0.1) is 0 Å². The molecule has 0 amide bonds. The summed E-state index contributed by atoms with van der Waals surface area (Å²) in [5.74, 6) is 0.288. The molecular formula is C19H19ClFN5O2. The minimum Gasteiger partial charge on any atom is -0.361 e. The number of rotatable bonds is 3. The molecule has 0 bridgehead atoms. The van der Waals surface area contributed by atoms with Gasteiger partial charge in [-0.25, -0.2) is 4.39 Å². The van der Waals surface area contributed by atoms with E-state index in [-0.39, 0.29) is 5.02 Å². The molecule has 146 valence electrons. The zero-order valence-electron chi connectivity index (χ0n) is 15.0. The predicted octanol–water partition coefficient (Wildman–Crippen LogP) is 3.02. The standard InChI is InChI=1S/C19H19ClFN5O2/c20-14-8-12(3-4-15(14)21)23-19(27)25-7-5-16-13(10-25)17-18-11(9-22-28-18)2-1-6-26(17)24-16/h3-4,8-9,19,23,27H,1-2,5-7,10H2. The van der Waals surface area contributed by atoms with Crippen LogP contribution in [-0.4, -0.2) is 37.8 Å². The molecule has 0 saturated heterocycles. The van der Waals surface area contributed by atoms with Crippen LogP contribution in [0.2, 0.25) is 5.02 Å². The predicted molar refractivity (Wildman–Crippen MR) is 101 cm³/mol. The van der Waals surface area contributed by atoms with E-state index in [0.29, 0.717) is 18.8 Å². The molecular weight excluding hydrogens is 385 g/mol. The first-order valence-electron chi connectivity index (χ1n) is 9.26. The van der Waals surface area contributed by atoms with Crippen molar-refractivity contribution in [2.24, 2.45) is 0 Å². The molecule has 2 aliphatic heterocycles. The lowest BCUT2D eigenvalue weighted by atomic mass is 10.0. The van der Waals surface area contributed by atoms with Gasteiger partial charge in [0.2, 0.25) is 0 Å². The van der Waals surface area contributed by atoms with E-state index in [1.165, 1.54) is 12.1 Å². The van der Waals surface area contributed by atoms with Crippen LogP contribution in [0.25, 0.3) is 11.5 Å². The molecule has 0 radical (unpaired) electrons. The normalized spacial score (nSPS) is 17.4. The molecule has 2 aromatic heterocycles.